The number of ether oxygens (including phenoxy) is 2. The van der Waals surface area contributed by atoms with E-state index in [0.717, 1.165) is 0 Å². The highest BCUT2D eigenvalue weighted by Crippen LogP contribution is 2.49. The Kier molecular flexibility index (Phi) is 6.12. The van der Waals surface area contributed by atoms with Gasteiger partial charge in [-0.3, -0.25) is 4.79 Å². The molecule has 2 aromatic heterocycles. The number of halogens is 1. The van der Waals surface area contributed by atoms with E-state index in [1.807, 2.05) is 36.4 Å². The van der Waals surface area contributed by atoms with Crippen molar-refractivity contribution < 1.29 is 24.2 Å². The molecule has 40 heavy (non-hydrogen) atoms. The number of likely N-dealkylation sites (tertiary alicyclic amines) is 1. The number of para-hydroxylation sites is 1. The highest BCUT2D eigenvalue weighted by atomic mass is 35.5. The number of aliphatic hydroxyl groups is 1. The Morgan fingerprint density at radius 2 is 1.88 bits per heavy atom. The van der Waals surface area contributed by atoms with Crippen LogP contribution in [0.15, 0.2) is 67.0 Å². The molecule has 4 heterocycles. The number of nitrogens with zero attached hydrogens (tertiary/aromatic N) is 3. The van der Waals surface area contributed by atoms with Gasteiger partial charge in [0.05, 0.1) is 35.7 Å². The van der Waals surface area contributed by atoms with Gasteiger partial charge < -0.3 is 34.7 Å². The van der Waals surface area contributed by atoms with Crippen molar-refractivity contribution in [3.05, 3.63) is 77.6 Å². The Hall–Kier alpha value is -4.28. The van der Waals surface area contributed by atoms with Gasteiger partial charge in [0.2, 0.25) is 0 Å². The molecule has 3 N–H and O–H groups in total. The van der Waals surface area contributed by atoms with Crippen molar-refractivity contribution in [3.63, 3.8) is 0 Å². The molecule has 1 fully saturated rings. The molecule has 4 aromatic rings. The molecule has 0 bridgehead atoms. The number of aromatic amines is 1. The molecule has 2 aliphatic rings. The largest absolute Gasteiger partial charge is 0.457 e. The maximum atomic E-state index is 13.6. The number of benzene rings is 2. The van der Waals surface area contributed by atoms with Crippen molar-refractivity contribution in [1.82, 2.24) is 14.9 Å². The Balaban J connectivity index is 1.39. The zero-order valence-electron chi connectivity index (χ0n) is 22.1. The van der Waals surface area contributed by atoms with Gasteiger partial charge in [-0.25, -0.2) is 9.78 Å². The van der Waals surface area contributed by atoms with Crippen LogP contribution >= 0.6 is 11.6 Å². The molecule has 0 saturated carbocycles. The van der Waals surface area contributed by atoms with Gasteiger partial charge in [0.1, 0.15) is 22.7 Å². The molecule has 1 atom stereocenters. The predicted molar refractivity (Wildman–Crippen MR) is 151 cm³/mol. The Bertz CT molecular complexity index is 1610. The summed E-state index contributed by atoms with van der Waals surface area (Å²) in [6.07, 6.45) is 1.40. The number of rotatable bonds is 4. The van der Waals surface area contributed by atoms with Crippen LogP contribution in [0.5, 0.6) is 11.5 Å². The van der Waals surface area contributed by atoms with Gasteiger partial charge in [0.25, 0.3) is 5.91 Å². The van der Waals surface area contributed by atoms with E-state index in [2.05, 4.69) is 15.3 Å². The summed E-state index contributed by atoms with van der Waals surface area (Å²) >= 11 is 6.71. The maximum absolute atomic E-state index is 13.6. The van der Waals surface area contributed by atoms with E-state index >= 15 is 0 Å². The lowest BCUT2D eigenvalue weighted by Crippen LogP contribution is -2.78. The summed E-state index contributed by atoms with van der Waals surface area (Å²) in [6, 6.07) is 16.1. The summed E-state index contributed by atoms with van der Waals surface area (Å²) in [7, 11) is 0. The fourth-order valence-electron chi connectivity index (χ4n) is 5.14. The number of carbonyl (C=O) groups excluding carboxylic acids is 2. The first-order valence-corrected chi connectivity index (χ1v) is 13.2. The number of amides is 2. The van der Waals surface area contributed by atoms with E-state index in [4.69, 9.17) is 21.1 Å². The number of anilines is 2. The van der Waals surface area contributed by atoms with E-state index in [-0.39, 0.29) is 24.0 Å². The molecule has 1 spiro atoms. The second-order valence-electron chi connectivity index (χ2n) is 10.9. The second-order valence-corrected chi connectivity index (χ2v) is 11.3. The molecule has 2 aliphatic heterocycles. The number of aliphatic hydroxyl groups excluding tert-OH is 1. The van der Waals surface area contributed by atoms with E-state index < -0.39 is 23.5 Å². The van der Waals surface area contributed by atoms with E-state index in [0.29, 0.717) is 39.5 Å². The molecular weight excluding hydrogens is 534 g/mol. The molecule has 10 nitrogen and oxygen atoms in total. The van der Waals surface area contributed by atoms with Crippen molar-refractivity contribution in [2.24, 2.45) is 0 Å². The molecule has 11 heteroatoms. The van der Waals surface area contributed by atoms with Crippen molar-refractivity contribution in [1.29, 1.82) is 0 Å². The molecule has 1 saturated heterocycles. The number of carbonyl (C=O) groups is 2. The molecule has 2 aromatic carbocycles. The van der Waals surface area contributed by atoms with Crippen LogP contribution in [0, 0.1) is 0 Å². The monoisotopic (exact) mass is 561 g/mol. The first-order chi connectivity index (χ1) is 19.1. The lowest BCUT2D eigenvalue weighted by molar-refractivity contribution is -0.129. The van der Waals surface area contributed by atoms with Gasteiger partial charge in [0.15, 0.2) is 11.8 Å². The molecule has 206 valence electrons. The molecular formula is C29H28ClN5O5. The van der Waals surface area contributed by atoms with Crippen LogP contribution in [-0.4, -0.2) is 56.2 Å². The van der Waals surface area contributed by atoms with E-state index in [1.165, 1.54) is 4.90 Å². The van der Waals surface area contributed by atoms with Crippen LogP contribution in [0.25, 0.3) is 11.0 Å². The van der Waals surface area contributed by atoms with Crippen molar-refractivity contribution in [3.8, 4) is 11.5 Å². The minimum Gasteiger partial charge on any atom is -0.457 e. The number of aromatic nitrogens is 2. The number of hydrogen-bond donors (Lipinski definition) is 3. The lowest BCUT2D eigenvalue weighted by Gasteiger charge is -2.58. The molecule has 1 unspecified atom stereocenters. The van der Waals surface area contributed by atoms with Gasteiger partial charge in [-0.15, -0.1) is 0 Å². The van der Waals surface area contributed by atoms with Crippen LogP contribution in [0.1, 0.15) is 32.6 Å². The highest BCUT2D eigenvalue weighted by molar-refractivity contribution is 6.31. The number of H-pyrrole nitrogens is 1. The topological polar surface area (TPSA) is 120 Å². The first-order valence-electron chi connectivity index (χ1n) is 12.8. The Morgan fingerprint density at radius 1 is 1.12 bits per heavy atom. The number of fused-ring (bicyclic) bond motifs is 3. The van der Waals surface area contributed by atoms with Gasteiger partial charge >= 0.3 is 6.09 Å². The summed E-state index contributed by atoms with van der Waals surface area (Å²) < 4.78 is 11.4. The molecule has 6 rings (SSSR count). The third kappa shape index (κ3) is 4.39. The second kappa shape index (κ2) is 9.42. The predicted octanol–water partition coefficient (Wildman–Crippen LogP) is 5.45. The van der Waals surface area contributed by atoms with Gasteiger partial charge in [-0.05, 0) is 57.2 Å². The minimum absolute atomic E-state index is 0.00526. The summed E-state index contributed by atoms with van der Waals surface area (Å²) in [4.78, 5) is 37.0. The van der Waals surface area contributed by atoms with Crippen molar-refractivity contribution in [2.45, 2.75) is 38.1 Å². The van der Waals surface area contributed by atoms with Gasteiger partial charge in [0, 0.05) is 17.1 Å². The average Bonchev–Trinajstić information content (AvgIpc) is 3.35. The summed E-state index contributed by atoms with van der Waals surface area (Å²) in [5, 5.41) is 15.8. The normalized spacial score (nSPS) is 16.8. The van der Waals surface area contributed by atoms with E-state index in [9.17, 15) is 14.7 Å². The average molecular weight is 562 g/mol. The Labute approximate surface area is 235 Å². The van der Waals surface area contributed by atoms with Gasteiger partial charge in [-0.1, -0.05) is 29.8 Å². The molecule has 0 aliphatic carbocycles. The summed E-state index contributed by atoms with van der Waals surface area (Å²) in [5.74, 6) is 0.776. The van der Waals surface area contributed by atoms with E-state index in [1.54, 1.807) is 56.3 Å². The maximum Gasteiger partial charge on any atom is 0.410 e. The SMILES string of the molecule is CC(C)(C)OC(=O)N1CC2(C1)C(=O)Nc1cnc3[nH]ccc3c1N2C(O)c1ccc(Oc2ccccc2)cc1Cl. The van der Waals surface area contributed by atoms with Crippen molar-refractivity contribution >= 4 is 46.0 Å². The fourth-order valence-corrected chi connectivity index (χ4v) is 5.41. The zero-order chi connectivity index (χ0) is 28.2. The summed E-state index contributed by atoms with van der Waals surface area (Å²) in [6.45, 7) is 5.35. The quantitative estimate of drug-likeness (QED) is 0.303. The lowest BCUT2D eigenvalue weighted by atomic mass is 9.83. The minimum atomic E-state index is -1.34. The molecule has 0 radical (unpaired) electrons. The van der Waals surface area contributed by atoms with Crippen LogP contribution in [0.4, 0.5) is 16.2 Å². The number of hydrogen-bond acceptors (Lipinski definition) is 7. The van der Waals surface area contributed by atoms with Crippen LogP contribution in [0.3, 0.4) is 0 Å². The smallest absolute Gasteiger partial charge is 0.410 e. The van der Waals surface area contributed by atoms with Crippen LogP contribution < -0.4 is 15.0 Å². The molecule has 2 amide bonds. The van der Waals surface area contributed by atoms with Crippen molar-refractivity contribution in [2.75, 3.05) is 23.3 Å². The third-order valence-electron chi connectivity index (χ3n) is 6.96. The Morgan fingerprint density at radius 3 is 2.58 bits per heavy atom. The number of nitrogens with one attached hydrogen (secondary N) is 2. The fraction of sp³-hybridized carbons (Fsp3) is 0.276. The zero-order valence-corrected chi connectivity index (χ0v) is 22.9. The standard InChI is InChI=1S/C29H28ClN5O5/c1-28(2,3)40-27(38)34-15-29(16-34)26(37)33-22-14-32-24-20(11-12-31-24)23(22)35(29)25(36)19-10-9-18(13-21(19)30)39-17-7-5-4-6-8-17/h4-14,25,36H,15-16H2,1-3H3,(H,31,32)(H,33,37). The van der Waals surface area contributed by atoms with Crippen LogP contribution in [-0.2, 0) is 9.53 Å². The first kappa shape index (κ1) is 26.0. The number of pyridine rings is 1. The third-order valence-corrected chi connectivity index (χ3v) is 7.29. The highest BCUT2D eigenvalue weighted by Gasteiger charge is 2.60. The van der Waals surface area contributed by atoms with Crippen LogP contribution in [0.2, 0.25) is 5.02 Å². The summed E-state index contributed by atoms with van der Waals surface area (Å²) in [5.41, 5.74) is -0.000107. The van der Waals surface area contributed by atoms with Gasteiger partial charge in [-0.2, -0.15) is 0 Å².